The highest BCUT2D eigenvalue weighted by molar-refractivity contribution is 5.77. The Balaban J connectivity index is 1.57. The van der Waals surface area contributed by atoms with Crippen molar-refractivity contribution in [3.05, 3.63) is 59.4 Å². The summed E-state index contributed by atoms with van der Waals surface area (Å²) in [6.45, 7) is 4.40. The highest BCUT2D eigenvalue weighted by Crippen LogP contribution is 2.31. The molecule has 0 bridgehead atoms. The Morgan fingerprint density at radius 3 is 3.00 bits per heavy atom. The molecule has 0 saturated carbocycles. The first-order chi connectivity index (χ1) is 16.1. The van der Waals surface area contributed by atoms with Crippen molar-refractivity contribution in [1.82, 2.24) is 24.3 Å². The molecule has 4 aromatic rings. The van der Waals surface area contributed by atoms with Gasteiger partial charge in [-0.25, -0.2) is 14.1 Å². The van der Waals surface area contributed by atoms with Gasteiger partial charge < -0.3 is 14.8 Å². The Kier molecular flexibility index (Phi) is 5.21. The number of anilines is 1. The highest BCUT2D eigenvalue weighted by Gasteiger charge is 2.20. The third-order valence-corrected chi connectivity index (χ3v) is 5.58. The Bertz CT molecular complexity index is 1440. The second-order valence-electron chi connectivity index (χ2n) is 7.30. The number of ether oxygens (including phenoxy) is 2. The smallest absolute Gasteiger partial charge is 0.210 e. The molecule has 1 N–H and O–H groups in total. The van der Waals surface area contributed by atoms with Crippen molar-refractivity contribution in [3.63, 3.8) is 0 Å². The monoisotopic (exact) mass is 448 g/mol. The second kappa shape index (κ2) is 8.34. The SMILES string of the molecule is C=Nn1cc(OC)cc(-c2cnc(NCc3c(F)ccc4c3CCO4)n3cnnc23)c1=NC. The van der Waals surface area contributed by atoms with Gasteiger partial charge in [-0.1, -0.05) is 0 Å². The molecule has 1 aromatic carbocycles. The van der Waals surface area contributed by atoms with Gasteiger partial charge in [0, 0.05) is 55.2 Å². The molecular formula is C22H21FN8O2. The minimum absolute atomic E-state index is 0.243. The first-order valence-electron chi connectivity index (χ1n) is 10.2. The van der Waals surface area contributed by atoms with Crippen LogP contribution in [-0.2, 0) is 13.0 Å². The summed E-state index contributed by atoms with van der Waals surface area (Å²) in [5.41, 5.74) is 3.92. The van der Waals surface area contributed by atoms with Crippen molar-refractivity contribution in [2.75, 3.05) is 26.1 Å². The number of hydrogen-bond donors (Lipinski definition) is 1. The van der Waals surface area contributed by atoms with E-state index >= 15 is 0 Å². The van der Waals surface area contributed by atoms with Gasteiger partial charge in [0.2, 0.25) is 5.95 Å². The van der Waals surface area contributed by atoms with Crippen LogP contribution in [0.1, 0.15) is 11.1 Å². The van der Waals surface area contributed by atoms with Crippen molar-refractivity contribution < 1.29 is 13.9 Å². The number of rotatable bonds is 6. The minimum Gasteiger partial charge on any atom is -0.495 e. The fraction of sp³-hybridized carbons (Fsp3) is 0.227. The quantitative estimate of drug-likeness (QED) is 0.454. The maximum atomic E-state index is 14.5. The molecule has 0 radical (unpaired) electrons. The molecule has 168 valence electrons. The van der Waals surface area contributed by atoms with Crippen molar-refractivity contribution in [2.45, 2.75) is 13.0 Å². The molecule has 11 heteroatoms. The standard InChI is InChI=1S/C22H21FN8O2/c1-24-20-15(8-13(32-3)11-31(20)25-2)17-10-27-22(30-12-28-29-21(17)30)26-9-16-14-6-7-33-19(14)5-4-18(16)23/h4-5,8,10-12H,2,6-7,9H2,1,3H3,(H,26,27). The Hall–Kier alpha value is -4.28. The maximum Gasteiger partial charge on any atom is 0.210 e. The Morgan fingerprint density at radius 2 is 2.21 bits per heavy atom. The molecule has 0 fully saturated rings. The summed E-state index contributed by atoms with van der Waals surface area (Å²) in [7, 11) is 3.23. The van der Waals surface area contributed by atoms with Gasteiger partial charge in [0.1, 0.15) is 23.6 Å². The molecule has 5 rings (SSSR count). The maximum absolute atomic E-state index is 14.5. The molecule has 0 atom stereocenters. The van der Waals surface area contributed by atoms with Crippen LogP contribution in [0.25, 0.3) is 16.8 Å². The number of pyridine rings is 1. The molecule has 3 aromatic heterocycles. The van der Waals surface area contributed by atoms with E-state index < -0.39 is 0 Å². The summed E-state index contributed by atoms with van der Waals surface area (Å²) in [5.74, 6) is 1.49. The van der Waals surface area contributed by atoms with Gasteiger partial charge in [-0.2, -0.15) is 5.10 Å². The van der Waals surface area contributed by atoms with E-state index in [0.29, 0.717) is 52.6 Å². The number of hydrogen-bond acceptors (Lipinski definition) is 8. The number of halogens is 1. The number of benzene rings is 1. The first kappa shape index (κ1) is 20.6. The van der Waals surface area contributed by atoms with Crippen molar-refractivity contribution >= 4 is 18.3 Å². The lowest BCUT2D eigenvalue weighted by Crippen LogP contribution is -2.20. The van der Waals surface area contributed by atoms with Crippen LogP contribution in [0, 0.1) is 5.82 Å². The van der Waals surface area contributed by atoms with Crippen LogP contribution in [0.15, 0.2) is 47.0 Å². The van der Waals surface area contributed by atoms with E-state index in [-0.39, 0.29) is 12.4 Å². The van der Waals surface area contributed by atoms with E-state index in [2.05, 4.69) is 37.3 Å². The Labute approximate surface area is 188 Å². The number of aromatic nitrogens is 5. The number of nitrogens with zero attached hydrogens (tertiary/aromatic N) is 7. The van der Waals surface area contributed by atoms with E-state index in [1.807, 2.05) is 6.07 Å². The van der Waals surface area contributed by atoms with Crippen molar-refractivity contribution in [1.29, 1.82) is 0 Å². The third-order valence-electron chi connectivity index (χ3n) is 5.58. The summed E-state index contributed by atoms with van der Waals surface area (Å²) in [6.07, 6.45) is 5.57. The van der Waals surface area contributed by atoms with Crippen LogP contribution in [-0.4, -0.2) is 51.7 Å². The minimum atomic E-state index is -0.282. The molecular weight excluding hydrogens is 427 g/mol. The summed E-state index contributed by atoms with van der Waals surface area (Å²) < 4.78 is 28.7. The third kappa shape index (κ3) is 3.47. The van der Waals surface area contributed by atoms with Crippen LogP contribution in [0.3, 0.4) is 0 Å². The molecule has 0 amide bonds. The zero-order valence-electron chi connectivity index (χ0n) is 18.1. The Morgan fingerprint density at radius 1 is 1.33 bits per heavy atom. The van der Waals surface area contributed by atoms with Gasteiger partial charge in [0.05, 0.1) is 19.9 Å². The topological polar surface area (TPSA) is 103 Å². The van der Waals surface area contributed by atoms with Crippen LogP contribution in [0.5, 0.6) is 11.5 Å². The van der Waals surface area contributed by atoms with Gasteiger partial charge in [-0.3, -0.25) is 9.39 Å². The zero-order valence-corrected chi connectivity index (χ0v) is 18.1. The molecule has 1 aliphatic heterocycles. The summed E-state index contributed by atoms with van der Waals surface area (Å²) in [6, 6.07) is 4.92. The van der Waals surface area contributed by atoms with Gasteiger partial charge in [0.25, 0.3) is 0 Å². The molecule has 0 aliphatic carbocycles. The van der Waals surface area contributed by atoms with Crippen molar-refractivity contribution in [2.24, 2.45) is 10.1 Å². The lowest BCUT2D eigenvalue weighted by Gasteiger charge is -2.13. The molecule has 0 unspecified atom stereocenters. The van der Waals surface area contributed by atoms with E-state index in [1.54, 1.807) is 43.3 Å². The van der Waals surface area contributed by atoms with Crippen LogP contribution in [0.2, 0.25) is 0 Å². The largest absolute Gasteiger partial charge is 0.495 e. The van der Waals surface area contributed by atoms with Gasteiger partial charge >= 0.3 is 0 Å². The van der Waals surface area contributed by atoms with E-state index in [1.165, 1.54) is 10.7 Å². The average molecular weight is 448 g/mol. The van der Waals surface area contributed by atoms with Crippen LogP contribution < -0.4 is 20.3 Å². The number of fused-ring (bicyclic) bond motifs is 2. The van der Waals surface area contributed by atoms with Crippen LogP contribution in [0.4, 0.5) is 10.3 Å². The summed E-state index contributed by atoms with van der Waals surface area (Å²) >= 11 is 0. The van der Waals surface area contributed by atoms with Gasteiger partial charge in [-0.05, 0) is 18.2 Å². The normalized spacial score (nSPS) is 13.1. The fourth-order valence-corrected chi connectivity index (χ4v) is 4.00. The number of nitrogens with one attached hydrogen (secondary N) is 1. The first-order valence-corrected chi connectivity index (χ1v) is 10.2. The fourth-order valence-electron chi connectivity index (χ4n) is 4.00. The molecule has 1 aliphatic rings. The zero-order chi connectivity index (χ0) is 22.9. The predicted octanol–water partition coefficient (Wildman–Crippen LogP) is 2.28. The average Bonchev–Trinajstić information content (AvgIpc) is 3.52. The molecule has 10 nitrogen and oxygen atoms in total. The summed E-state index contributed by atoms with van der Waals surface area (Å²) in [5, 5.41) is 15.5. The van der Waals surface area contributed by atoms with E-state index in [9.17, 15) is 4.39 Å². The van der Waals surface area contributed by atoms with E-state index in [0.717, 1.165) is 11.3 Å². The summed E-state index contributed by atoms with van der Waals surface area (Å²) in [4.78, 5) is 8.91. The predicted molar refractivity (Wildman–Crippen MR) is 120 cm³/mol. The van der Waals surface area contributed by atoms with Gasteiger partial charge in [-0.15, -0.1) is 10.2 Å². The molecule has 33 heavy (non-hydrogen) atoms. The van der Waals surface area contributed by atoms with Gasteiger partial charge in [0.15, 0.2) is 11.1 Å². The molecule has 4 heterocycles. The molecule has 0 spiro atoms. The number of methoxy groups -OCH3 is 1. The lowest BCUT2D eigenvalue weighted by atomic mass is 10.0. The highest BCUT2D eigenvalue weighted by atomic mass is 19.1. The van der Waals surface area contributed by atoms with E-state index in [4.69, 9.17) is 9.47 Å². The lowest BCUT2D eigenvalue weighted by molar-refractivity contribution is 0.356. The second-order valence-corrected chi connectivity index (χ2v) is 7.30. The van der Waals surface area contributed by atoms with Crippen molar-refractivity contribution in [3.8, 4) is 22.6 Å². The molecule has 0 saturated heterocycles. The van der Waals surface area contributed by atoms with Crippen LogP contribution >= 0.6 is 0 Å².